The van der Waals surface area contributed by atoms with Gasteiger partial charge < -0.3 is 4.74 Å². The number of hydrogen-bond donors (Lipinski definition) is 1. The molecule has 0 aliphatic carbocycles. The average Bonchev–Trinajstić information content (AvgIpc) is 2.41. The zero-order valence-electron chi connectivity index (χ0n) is 9.93. The van der Waals surface area contributed by atoms with Gasteiger partial charge in [-0.05, 0) is 31.2 Å². The van der Waals surface area contributed by atoms with E-state index < -0.39 is 0 Å². The van der Waals surface area contributed by atoms with Gasteiger partial charge in [0.05, 0.1) is 18.1 Å². The number of nitrogens with zero attached hydrogens (tertiary/aromatic N) is 2. The van der Waals surface area contributed by atoms with Crippen molar-refractivity contribution in [1.29, 1.82) is 0 Å². The Morgan fingerprint density at radius 1 is 1.33 bits per heavy atom. The third-order valence-electron chi connectivity index (χ3n) is 2.37. The zero-order chi connectivity index (χ0) is 13.0. The second kappa shape index (κ2) is 5.82. The van der Waals surface area contributed by atoms with E-state index in [9.17, 15) is 4.39 Å². The Kier molecular flexibility index (Phi) is 4.15. The maximum atomic E-state index is 13.7. The van der Waals surface area contributed by atoms with Crippen LogP contribution in [0.2, 0.25) is 0 Å². The molecule has 1 heterocycles. The third-order valence-corrected chi connectivity index (χ3v) is 2.66. The maximum absolute atomic E-state index is 13.7. The normalized spacial score (nSPS) is 10.4. The average molecular weight is 264 g/mol. The minimum absolute atomic E-state index is 0.254. The summed E-state index contributed by atoms with van der Waals surface area (Å²) >= 11 is 4.12. The zero-order valence-corrected chi connectivity index (χ0v) is 10.8. The quantitative estimate of drug-likeness (QED) is 0.862. The summed E-state index contributed by atoms with van der Waals surface area (Å²) in [5, 5.41) is 0. The number of rotatable bonds is 4. The first-order valence-corrected chi connectivity index (χ1v) is 6.23. The SMILES string of the molecule is CCOc1ccc(-c2ccnc(CS)n2)cc1F. The van der Waals surface area contributed by atoms with Crippen molar-refractivity contribution in [1.82, 2.24) is 9.97 Å². The van der Waals surface area contributed by atoms with Gasteiger partial charge in [0.15, 0.2) is 11.6 Å². The lowest BCUT2D eigenvalue weighted by molar-refractivity contribution is 0.321. The first-order valence-electron chi connectivity index (χ1n) is 5.60. The van der Waals surface area contributed by atoms with Gasteiger partial charge in [-0.2, -0.15) is 12.6 Å². The van der Waals surface area contributed by atoms with Crippen LogP contribution in [0.25, 0.3) is 11.3 Å². The fourth-order valence-corrected chi connectivity index (χ4v) is 1.72. The van der Waals surface area contributed by atoms with Gasteiger partial charge in [0.2, 0.25) is 0 Å². The Morgan fingerprint density at radius 3 is 2.83 bits per heavy atom. The van der Waals surface area contributed by atoms with E-state index in [0.717, 1.165) is 0 Å². The molecule has 1 aromatic carbocycles. The summed E-state index contributed by atoms with van der Waals surface area (Å²) in [6.07, 6.45) is 1.64. The van der Waals surface area contributed by atoms with Crippen molar-refractivity contribution in [3.8, 4) is 17.0 Å². The molecule has 0 aliphatic rings. The molecule has 2 aromatic rings. The van der Waals surface area contributed by atoms with Gasteiger partial charge in [0.25, 0.3) is 0 Å². The van der Waals surface area contributed by atoms with Crippen LogP contribution in [0.4, 0.5) is 4.39 Å². The van der Waals surface area contributed by atoms with Crippen LogP contribution in [0.3, 0.4) is 0 Å². The highest BCUT2D eigenvalue weighted by Crippen LogP contribution is 2.24. The fraction of sp³-hybridized carbons (Fsp3) is 0.231. The lowest BCUT2D eigenvalue weighted by Gasteiger charge is -2.07. The lowest BCUT2D eigenvalue weighted by atomic mass is 10.1. The van der Waals surface area contributed by atoms with Crippen molar-refractivity contribution in [3.63, 3.8) is 0 Å². The molecule has 0 bridgehead atoms. The van der Waals surface area contributed by atoms with Gasteiger partial charge in [-0.25, -0.2) is 14.4 Å². The van der Waals surface area contributed by atoms with Gasteiger partial charge >= 0.3 is 0 Å². The van der Waals surface area contributed by atoms with Crippen LogP contribution in [0.1, 0.15) is 12.7 Å². The van der Waals surface area contributed by atoms with E-state index >= 15 is 0 Å². The summed E-state index contributed by atoms with van der Waals surface area (Å²) in [4.78, 5) is 8.33. The second-order valence-electron chi connectivity index (χ2n) is 3.59. The predicted octanol–water partition coefficient (Wildman–Crippen LogP) is 3.11. The lowest BCUT2D eigenvalue weighted by Crippen LogP contribution is -1.96. The van der Waals surface area contributed by atoms with E-state index in [1.807, 2.05) is 6.92 Å². The highest BCUT2D eigenvalue weighted by atomic mass is 32.1. The number of ether oxygens (including phenoxy) is 1. The summed E-state index contributed by atoms with van der Waals surface area (Å²) in [6, 6.07) is 6.53. The summed E-state index contributed by atoms with van der Waals surface area (Å²) in [5.41, 5.74) is 1.37. The molecule has 0 saturated carbocycles. The van der Waals surface area contributed by atoms with Crippen molar-refractivity contribution < 1.29 is 9.13 Å². The molecule has 1 aromatic heterocycles. The van der Waals surface area contributed by atoms with Crippen LogP contribution in [-0.4, -0.2) is 16.6 Å². The van der Waals surface area contributed by atoms with Crippen LogP contribution in [-0.2, 0) is 5.75 Å². The maximum Gasteiger partial charge on any atom is 0.165 e. The Labute approximate surface area is 110 Å². The van der Waals surface area contributed by atoms with Crippen molar-refractivity contribution in [2.45, 2.75) is 12.7 Å². The van der Waals surface area contributed by atoms with Crippen LogP contribution >= 0.6 is 12.6 Å². The van der Waals surface area contributed by atoms with Crippen molar-refractivity contribution in [2.24, 2.45) is 0 Å². The minimum Gasteiger partial charge on any atom is -0.491 e. The predicted molar refractivity (Wildman–Crippen MR) is 71.3 cm³/mol. The summed E-state index contributed by atoms with van der Waals surface area (Å²) in [5.74, 6) is 0.933. The number of hydrogen-bond acceptors (Lipinski definition) is 4. The minimum atomic E-state index is -0.389. The molecular weight excluding hydrogens is 251 g/mol. The van der Waals surface area contributed by atoms with E-state index in [-0.39, 0.29) is 11.6 Å². The highest BCUT2D eigenvalue weighted by molar-refractivity contribution is 7.79. The first-order chi connectivity index (χ1) is 8.74. The Bertz CT molecular complexity index is 548. The first kappa shape index (κ1) is 12.8. The molecule has 0 unspecified atom stereocenters. The van der Waals surface area contributed by atoms with E-state index in [1.165, 1.54) is 6.07 Å². The van der Waals surface area contributed by atoms with Crippen LogP contribution in [0.5, 0.6) is 5.75 Å². The molecule has 18 heavy (non-hydrogen) atoms. The molecule has 0 atom stereocenters. The van der Waals surface area contributed by atoms with Crippen LogP contribution in [0, 0.1) is 5.82 Å². The molecule has 0 radical (unpaired) electrons. The molecule has 2 rings (SSSR count). The standard InChI is InChI=1S/C13H13FN2OS/c1-2-17-12-4-3-9(7-10(12)14)11-5-6-15-13(8-18)16-11/h3-7,18H,2,8H2,1H3. The molecular formula is C13H13FN2OS. The van der Waals surface area contributed by atoms with Crippen LogP contribution < -0.4 is 4.74 Å². The van der Waals surface area contributed by atoms with Gasteiger partial charge in [-0.1, -0.05) is 0 Å². The molecule has 94 valence electrons. The van der Waals surface area contributed by atoms with Crippen LogP contribution in [0.15, 0.2) is 30.5 Å². The molecule has 0 saturated heterocycles. The smallest absolute Gasteiger partial charge is 0.165 e. The molecule has 0 fully saturated rings. The Morgan fingerprint density at radius 2 is 2.17 bits per heavy atom. The van der Waals surface area contributed by atoms with E-state index in [0.29, 0.717) is 29.4 Å². The van der Waals surface area contributed by atoms with Crippen molar-refractivity contribution >= 4 is 12.6 Å². The Balaban J connectivity index is 2.35. The number of benzene rings is 1. The largest absolute Gasteiger partial charge is 0.491 e. The van der Waals surface area contributed by atoms with Crippen molar-refractivity contribution in [2.75, 3.05) is 6.61 Å². The molecule has 0 N–H and O–H groups in total. The number of thiol groups is 1. The fourth-order valence-electron chi connectivity index (χ4n) is 1.57. The van der Waals surface area contributed by atoms with Gasteiger partial charge in [-0.15, -0.1) is 0 Å². The van der Waals surface area contributed by atoms with Crippen molar-refractivity contribution in [3.05, 3.63) is 42.1 Å². The highest BCUT2D eigenvalue weighted by Gasteiger charge is 2.07. The van der Waals surface area contributed by atoms with Gasteiger partial charge in [-0.3, -0.25) is 0 Å². The molecule has 0 spiro atoms. The monoisotopic (exact) mass is 264 g/mol. The molecule has 0 aliphatic heterocycles. The van der Waals surface area contributed by atoms with E-state index in [4.69, 9.17) is 4.74 Å². The Hall–Kier alpha value is -1.62. The molecule has 0 amide bonds. The van der Waals surface area contributed by atoms with E-state index in [2.05, 4.69) is 22.6 Å². The third kappa shape index (κ3) is 2.79. The summed E-state index contributed by atoms with van der Waals surface area (Å²) in [6.45, 7) is 2.25. The van der Waals surface area contributed by atoms with Gasteiger partial charge in [0, 0.05) is 11.8 Å². The summed E-state index contributed by atoms with van der Waals surface area (Å²) < 4.78 is 18.9. The summed E-state index contributed by atoms with van der Waals surface area (Å²) in [7, 11) is 0. The molecule has 5 heteroatoms. The number of aromatic nitrogens is 2. The van der Waals surface area contributed by atoms with Gasteiger partial charge in [0.1, 0.15) is 5.82 Å². The second-order valence-corrected chi connectivity index (χ2v) is 3.91. The topological polar surface area (TPSA) is 35.0 Å². The molecule has 3 nitrogen and oxygen atoms in total. The number of halogens is 1. The van der Waals surface area contributed by atoms with E-state index in [1.54, 1.807) is 24.4 Å².